The second-order valence-corrected chi connectivity index (χ2v) is 6.21. The lowest BCUT2D eigenvalue weighted by atomic mass is 9.78. The van der Waals surface area contributed by atoms with Crippen LogP contribution in [0.15, 0.2) is 12.1 Å². The lowest BCUT2D eigenvalue weighted by Crippen LogP contribution is -2.43. The van der Waals surface area contributed by atoms with Gasteiger partial charge in [-0.25, -0.2) is 4.98 Å². The molecule has 1 saturated carbocycles. The van der Waals surface area contributed by atoms with E-state index in [4.69, 9.17) is 23.2 Å². The quantitative estimate of drug-likeness (QED) is 0.760. The number of rotatable bonds is 2. The van der Waals surface area contributed by atoms with E-state index in [-0.39, 0.29) is 0 Å². The minimum Gasteiger partial charge on any atom is -0.356 e. The zero-order valence-corrected chi connectivity index (χ0v) is 11.9. The van der Waals surface area contributed by atoms with Gasteiger partial charge in [0.15, 0.2) is 0 Å². The Bertz CT molecular complexity index is 424. The first-order valence-corrected chi connectivity index (χ1v) is 7.64. The summed E-state index contributed by atoms with van der Waals surface area (Å²) < 4.78 is 0. The molecule has 0 amide bonds. The van der Waals surface area contributed by atoms with Crippen molar-refractivity contribution in [2.45, 2.75) is 31.6 Å². The van der Waals surface area contributed by atoms with Crippen LogP contribution < -0.4 is 4.90 Å². The highest BCUT2D eigenvalue weighted by Crippen LogP contribution is 2.36. The molecule has 98 valence electrons. The minimum absolute atomic E-state index is 0.382. The summed E-state index contributed by atoms with van der Waals surface area (Å²) in [6.45, 7) is 2.29. The highest BCUT2D eigenvalue weighted by atomic mass is 35.5. The zero-order valence-electron chi connectivity index (χ0n) is 10.4. The van der Waals surface area contributed by atoms with Crippen LogP contribution in [0.5, 0.6) is 0 Å². The molecule has 3 rings (SSSR count). The van der Waals surface area contributed by atoms with Gasteiger partial charge in [-0.1, -0.05) is 18.0 Å². The van der Waals surface area contributed by atoms with E-state index in [1.54, 1.807) is 0 Å². The number of nitrogens with zero attached hydrogens (tertiary/aromatic N) is 2. The van der Waals surface area contributed by atoms with E-state index in [2.05, 4.69) is 9.88 Å². The Kier molecular flexibility index (Phi) is 3.67. The van der Waals surface area contributed by atoms with Gasteiger partial charge in [-0.3, -0.25) is 0 Å². The molecule has 0 spiro atoms. The maximum atomic E-state index is 6.07. The number of hydrogen-bond acceptors (Lipinski definition) is 2. The normalized spacial score (nSPS) is 27.3. The predicted octanol–water partition coefficient (Wildman–Crippen LogP) is 4.10. The first-order chi connectivity index (χ1) is 8.76. The van der Waals surface area contributed by atoms with Crippen LogP contribution in [0.2, 0.25) is 5.02 Å². The molecule has 1 aliphatic carbocycles. The van der Waals surface area contributed by atoms with E-state index >= 15 is 0 Å². The van der Waals surface area contributed by atoms with Crippen LogP contribution in [0, 0.1) is 11.8 Å². The highest BCUT2D eigenvalue weighted by molar-refractivity contribution is 6.32. The van der Waals surface area contributed by atoms with Crippen molar-refractivity contribution in [3.05, 3.63) is 22.8 Å². The van der Waals surface area contributed by atoms with Gasteiger partial charge >= 0.3 is 0 Å². The predicted molar refractivity (Wildman–Crippen MR) is 76.5 cm³/mol. The Hall–Kier alpha value is -0.470. The minimum atomic E-state index is 0.382. The van der Waals surface area contributed by atoms with Crippen LogP contribution in [0.3, 0.4) is 0 Å². The summed E-state index contributed by atoms with van der Waals surface area (Å²) in [5, 5.41) is 0.672. The number of fused-ring (bicyclic) bond motifs is 2. The molecule has 1 aromatic rings. The first-order valence-electron chi connectivity index (χ1n) is 6.72. The number of piperidine rings is 1. The molecule has 4 heteroatoms. The van der Waals surface area contributed by atoms with Gasteiger partial charge in [0.2, 0.25) is 0 Å². The monoisotopic (exact) mass is 284 g/mol. The third-order valence-electron chi connectivity index (χ3n) is 4.20. The van der Waals surface area contributed by atoms with Crippen LogP contribution in [0.25, 0.3) is 0 Å². The summed E-state index contributed by atoms with van der Waals surface area (Å²) in [6.07, 6.45) is 5.57. The van der Waals surface area contributed by atoms with Crippen molar-refractivity contribution in [1.82, 2.24) is 4.98 Å². The summed E-state index contributed by atoms with van der Waals surface area (Å²) in [5.74, 6) is 3.14. The van der Waals surface area contributed by atoms with Crippen molar-refractivity contribution in [3.8, 4) is 0 Å². The smallest absolute Gasteiger partial charge is 0.128 e. The molecule has 2 atom stereocenters. The Morgan fingerprint density at radius 1 is 1.22 bits per heavy atom. The van der Waals surface area contributed by atoms with E-state index in [1.807, 2.05) is 12.1 Å². The maximum Gasteiger partial charge on any atom is 0.128 e. The fraction of sp³-hybridized carbons (Fsp3) is 0.643. The van der Waals surface area contributed by atoms with Crippen LogP contribution in [-0.4, -0.2) is 18.1 Å². The number of anilines is 1. The molecule has 1 aromatic heterocycles. The van der Waals surface area contributed by atoms with Crippen molar-refractivity contribution in [2.75, 3.05) is 18.0 Å². The van der Waals surface area contributed by atoms with Gasteiger partial charge in [0, 0.05) is 13.1 Å². The van der Waals surface area contributed by atoms with Gasteiger partial charge in [-0.05, 0) is 43.2 Å². The largest absolute Gasteiger partial charge is 0.356 e. The Morgan fingerprint density at radius 3 is 2.61 bits per heavy atom. The molecule has 2 unspecified atom stereocenters. The van der Waals surface area contributed by atoms with E-state index in [1.165, 1.54) is 25.7 Å². The molecule has 2 aliphatic rings. The fourth-order valence-electron chi connectivity index (χ4n) is 3.36. The van der Waals surface area contributed by atoms with Gasteiger partial charge in [0.25, 0.3) is 0 Å². The van der Waals surface area contributed by atoms with Crippen LogP contribution >= 0.6 is 23.2 Å². The maximum absolute atomic E-state index is 6.07. The molecule has 0 radical (unpaired) electrons. The molecular formula is C14H18Cl2N2. The van der Waals surface area contributed by atoms with Crippen molar-refractivity contribution in [3.63, 3.8) is 0 Å². The molecule has 1 saturated heterocycles. The Balaban J connectivity index is 1.82. The summed E-state index contributed by atoms with van der Waals surface area (Å²) >= 11 is 11.9. The number of pyridine rings is 1. The van der Waals surface area contributed by atoms with Gasteiger partial charge in [0.05, 0.1) is 16.6 Å². The summed E-state index contributed by atoms with van der Waals surface area (Å²) in [7, 11) is 0. The van der Waals surface area contributed by atoms with Crippen molar-refractivity contribution in [2.24, 2.45) is 11.8 Å². The number of aromatic nitrogens is 1. The molecule has 2 nitrogen and oxygen atoms in total. The standard InChI is InChI=1S/C14H18Cl2N2/c15-7-13-12(16)4-5-14(17-13)18-8-10-2-1-3-11(6-10)9-18/h4-5,10-11H,1-3,6-9H2. The van der Waals surface area contributed by atoms with Crippen molar-refractivity contribution >= 4 is 29.0 Å². The van der Waals surface area contributed by atoms with E-state index in [0.717, 1.165) is 36.4 Å². The fourth-order valence-corrected chi connectivity index (χ4v) is 3.81. The SMILES string of the molecule is ClCc1nc(N2CC3CCCC(C3)C2)ccc1Cl. The van der Waals surface area contributed by atoms with Crippen molar-refractivity contribution < 1.29 is 0 Å². The molecule has 1 aliphatic heterocycles. The Morgan fingerprint density at radius 2 is 1.94 bits per heavy atom. The summed E-state index contributed by atoms with van der Waals surface area (Å²) in [4.78, 5) is 7.02. The molecule has 2 bridgehead atoms. The Labute approximate surface area is 118 Å². The summed E-state index contributed by atoms with van der Waals surface area (Å²) in [5.41, 5.74) is 0.798. The second kappa shape index (κ2) is 5.26. The highest BCUT2D eigenvalue weighted by Gasteiger charge is 2.31. The van der Waals surface area contributed by atoms with Crippen molar-refractivity contribution in [1.29, 1.82) is 0 Å². The topological polar surface area (TPSA) is 16.1 Å². The van der Waals surface area contributed by atoms with E-state index in [0.29, 0.717) is 10.9 Å². The molecule has 0 aromatic carbocycles. The lowest BCUT2D eigenvalue weighted by molar-refractivity contribution is 0.230. The third-order valence-corrected chi connectivity index (χ3v) is 4.80. The molecule has 2 fully saturated rings. The van der Waals surface area contributed by atoms with Gasteiger partial charge in [-0.15, -0.1) is 11.6 Å². The van der Waals surface area contributed by atoms with Crippen LogP contribution in [0.1, 0.15) is 31.4 Å². The molecule has 18 heavy (non-hydrogen) atoms. The number of halogens is 2. The number of alkyl halides is 1. The van der Waals surface area contributed by atoms with Gasteiger partial charge in [0.1, 0.15) is 5.82 Å². The third kappa shape index (κ3) is 2.46. The van der Waals surface area contributed by atoms with E-state index < -0.39 is 0 Å². The molecular weight excluding hydrogens is 267 g/mol. The zero-order chi connectivity index (χ0) is 12.5. The average molecular weight is 285 g/mol. The number of hydrogen-bond donors (Lipinski definition) is 0. The second-order valence-electron chi connectivity index (χ2n) is 5.54. The van der Waals surface area contributed by atoms with Gasteiger partial charge < -0.3 is 4.90 Å². The van der Waals surface area contributed by atoms with Crippen LogP contribution in [0.4, 0.5) is 5.82 Å². The van der Waals surface area contributed by atoms with E-state index in [9.17, 15) is 0 Å². The van der Waals surface area contributed by atoms with Gasteiger partial charge in [-0.2, -0.15) is 0 Å². The average Bonchev–Trinajstić information content (AvgIpc) is 2.39. The van der Waals surface area contributed by atoms with Crippen LogP contribution in [-0.2, 0) is 5.88 Å². The molecule has 2 heterocycles. The summed E-state index contributed by atoms with van der Waals surface area (Å²) in [6, 6.07) is 3.95. The first kappa shape index (κ1) is 12.6. The lowest BCUT2D eigenvalue weighted by Gasteiger charge is -2.42. The molecule has 0 N–H and O–H groups in total.